The molecule has 130 valence electrons. The van der Waals surface area contributed by atoms with Crippen molar-refractivity contribution in [2.75, 3.05) is 19.0 Å². The maximum Gasteiger partial charge on any atom is 0.311 e. The fourth-order valence-corrected chi connectivity index (χ4v) is 1.90. The summed E-state index contributed by atoms with van der Waals surface area (Å²) in [4.78, 5) is 22.0. The molecule has 2 aromatic carbocycles. The molecular formula is C16H15FN4O4. The van der Waals surface area contributed by atoms with Crippen molar-refractivity contribution >= 4 is 23.5 Å². The average molecular weight is 346 g/mol. The Balaban J connectivity index is 1.89. The zero-order chi connectivity index (χ0) is 18.2. The number of nitro benzene ring substituents is 1. The van der Waals surface area contributed by atoms with E-state index in [2.05, 4.69) is 15.8 Å². The second kappa shape index (κ2) is 8.39. The van der Waals surface area contributed by atoms with E-state index in [9.17, 15) is 19.3 Å². The molecule has 0 bridgehead atoms. The highest BCUT2D eigenvalue weighted by Crippen LogP contribution is 2.26. The van der Waals surface area contributed by atoms with Crippen LogP contribution in [0.25, 0.3) is 0 Å². The van der Waals surface area contributed by atoms with Gasteiger partial charge in [0, 0.05) is 17.3 Å². The molecule has 0 unspecified atom stereocenters. The molecule has 0 aliphatic rings. The van der Waals surface area contributed by atoms with Crippen LogP contribution >= 0.6 is 0 Å². The highest BCUT2D eigenvalue weighted by atomic mass is 19.1. The van der Waals surface area contributed by atoms with Crippen LogP contribution in [0.5, 0.6) is 5.75 Å². The largest absolute Gasteiger partial charge is 0.490 e. The summed E-state index contributed by atoms with van der Waals surface area (Å²) in [6, 6.07) is 9.84. The minimum absolute atomic E-state index is 0.0638. The third-order valence-corrected chi connectivity index (χ3v) is 3.10. The number of methoxy groups -OCH3 is 1. The Labute approximate surface area is 142 Å². The van der Waals surface area contributed by atoms with Gasteiger partial charge in [-0.05, 0) is 36.4 Å². The lowest BCUT2D eigenvalue weighted by molar-refractivity contribution is -0.385. The molecule has 0 heterocycles. The van der Waals surface area contributed by atoms with Gasteiger partial charge in [0.1, 0.15) is 5.82 Å². The molecule has 0 aromatic heterocycles. The predicted molar refractivity (Wildman–Crippen MR) is 90.3 cm³/mol. The maximum absolute atomic E-state index is 12.8. The first-order valence-corrected chi connectivity index (χ1v) is 7.13. The van der Waals surface area contributed by atoms with Gasteiger partial charge in [0.05, 0.1) is 24.8 Å². The van der Waals surface area contributed by atoms with Crippen LogP contribution in [0.15, 0.2) is 47.6 Å². The SMILES string of the molecule is COc1ccc(/C=N\NC(=O)CNc2ccc(F)cc2)cc1[N+](=O)[O-]. The molecule has 2 aromatic rings. The molecule has 0 saturated heterocycles. The van der Waals surface area contributed by atoms with Crippen LogP contribution in [0, 0.1) is 15.9 Å². The van der Waals surface area contributed by atoms with E-state index in [1.54, 1.807) is 6.07 Å². The zero-order valence-corrected chi connectivity index (χ0v) is 13.2. The van der Waals surface area contributed by atoms with Crippen molar-refractivity contribution in [3.05, 3.63) is 64.0 Å². The summed E-state index contributed by atoms with van der Waals surface area (Å²) in [5, 5.41) is 17.5. The van der Waals surface area contributed by atoms with Crippen molar-refractivity contribution in [3.63, 3.8) is 0 Å². The number of hydrogen-bond acceptors (Lipinski definition) is 6. The molecule has 8 nitrogen and oxygen atoms in total. The molecule has 0 radical (unpaired) electrons. The van der Waals surface area contributed by atoms with Crippen LogP contribution < -0.4 is 15.5 Å². The minimum Gasteiger partial charge on any atom is -0.490 e. The number of nitro groups is 1. The number of hydrogen-bond donors (Lipinski definition) is 2. The van der Waals surface area contributed by atoms with E-state index >= 15 is 0 Å². The quantitative estimate of drug-likeness (QED) is 0.455. The molecule has 1 amide bonds. The van der Waals surface area contributed by atoms with Gasteiger partial charge in [-0.2, -0.15) is 5.10 Å². The number of benzene rings is 2. The Bertz CT molecular complexity index is 793. The van der Waals surface area contributed by atoms with E-state index < -0.39 is 10.8 Å². The summed E-state index contributed by atoms with van der Waals surface area (Å²) < 4.78 is 17.7. The topological polar surface area (TPSA) is 106 Å². The Hall–Kier alpha value is -3.49. The zero-order valence-electron chi connectivity index (χ0n) is 13.2. The molecule has 0 atom stereocenters. The van der Waals surface area contributed by atoms with Crippen LogP contribution in [-0.2, 0) is 4.79 Å². The summed E-state index contributed by atoms with van der Waals surface area (Å²) in [5.74, 6) is -0.661. The third kappa shape index (κ3) is 5.27. The molecule has 2 rings (SSSR count). The van der Waals surface area contributed by atoms with E-state index in [0.717, 1.165) is 0 Å². The molecule has 2 N–H and O–H groups in total. The summed E-state index contributed by atoms with van der Waals surface area (Å²) in [5.41, 5.74) is 3.10. The number of halogens is 1. The molecule has 0 aliphatic carbocycles. The number of anilines is 1. The van der Waals surface area contributed by atoms with Gasteiger partial charge in [0.2, 0.25) is 0 Å². The van der Waals surface area contributed by atoms with Gasteiger partial charge in [-0.1, -0.05) is 0 Å². The normalized spacial score (nSPS) is 10.5. The summed E-state index contributed by atoms with van der Waals surface area (Å²) in [7, 11) is 1.34. The second-order valence-electron chi connectivity index (χ2n) is 4.84. The van der Waals surface area contributed by atoms with Crippen molar-refractivity contribution in [3.8, 4) is 5.75 Å². The van der Waals surface area contributed by atoms with E-state index in [1.165, 1.54) is 49.7 Å². The standard InChI is InChI=1S/C16H15FN4O4/c1-25-15-7-2-11(8-14(15)21(23)24)9-19-20-16(22)10-18-13-5-3-12(17)4-6-13/h2-9,18H,10H2,1H3,(H,20,22)/b19-9-. The Morgan fingerprint density at radius 2 is 2.04 bits per heavy atom. The van der Waals surface area contributed by atoms with Gasteiger partial charge in [0.15, 0.2) is 5.75 Å². The number of nitrogens with one attached hydrogen (secondary N) is 2. The Morgan fingerprint density at radius 3 is 2.68 bits per heavy atom. The highest BCUT2D eigenvalue weighted by molar-refractivity contribution is 5.85. The number of carbonyl (C=O) groups excluding carboxylic acids is 1. The maximum atomic E-state index is 12.8. The van der Waals surface area contributed by atoms with Gasteiger partial charge in [-0.3, -0.25) is 14.9 Å². The van der Waals surface area contributed by atoms with Crippen LogP contribution in [0.2, 0.25) is 0 Å². The summed E-state index contributed by atoms with van der Waals surface area (Å²) in [6.45, 7) is -0.0638. The van der Waals surface area contributed by atoms with E-state index in [-0.39, 0.29) is 23.8 Å². The van der Waals surface area contributed by atoms with Crippen LogP contribution in [0.1, 0.15) is 5.56 Å². The number of ether oxygens (including phenoxy) is 1. The van der Waals surface area contributed by atoms with Crippen LogP contribution in [0.4, 0.5) is 15.8 Å². The van der Waals surface area contributed by atoms with Crippen molar-refractivity contribution < 1.29 is 18.8 Å². The number of rotatable bonds is 7. The summed E-state index contributed by atoms with van der Waals surface area (Å²) >= 11 is 0. The monoisotopic (exact) mass is 346 g/mol. The van der Waals surface area contributed by atoms with E-state index in [0.29, 0.717) is 11.3 Å². The highest BCUT2D eigenvalue weighted by Gasteiger charge is 2.14. The molecular weight excluding hydrogens is 331 g/mol. The van der Waals surface area contributed by atoms with Crippen molar-refractivity contribution in [1.29, 1.82) is 0 Å². The molecule has 0 fully saturated rings. The first-order valence-electron chi connectivity index (χ1n) is 7.13. The Morgan fingerprint density at radius 1 is 1.32 bits per heavy atom. The van der Waals surface area contributed by atoms with E-state index in [1.807, 2.05) is 0 Å². The molecule has 0 spiro atoms. The fraction of sp³-hybridized carbons (Fsp3) is 0.125. The fourth-order valence-electron chi connectivity index (χ4n) is 1.90. The van der Waals surface area contributed by atoms with Gasteiger partial charge >= 0.3 is 5.69 Å². The van der Waals surface area contributed by atoms with Crippen LogP contribution in [0.3, 0.4) is 0 Å². The molecule has 0 saturated carbocycles. The predicted octanol–water partition coefficient (Wildman–Crippen LogP) is 2.30. The van der Waals surface area contributed by atoms with Gasteiger partial charge in [-0.15, -0.1) is 0 Å². The lowest BCUT2D eigenvalue weighted by atomic mass is 10.2. The molecule has 0 aliphatic heterocycles. The smallest absolute Gasteiger partial charge is 0.311 e. The Kier molecular flexibility index (Phi) is 5.99. The van der Waals surface area contributed by atoms with Crippen molar-refractivity contribution in [1.82, 2.24) is 5.43 Å². The molecule has 25 heavy (non-hydrogen) atoms. The first-order chi connectivity index (χ1) is 12.0. The van der Waals surface area contributed by atoms with Gasteiger partial charge < -0.3 is 10.1 Å². The van der Waals surface area contributed by atoms with Crippen molar-refractivity contribution in [2.24, 2.45) is 5.10 Å². The number of amides is 1. The minimum atomic E-state index is -0.568. The van der Waals surface area contributed by atoms with Crippen LogP contribution in [-0.4, -0.2) is 30.7 Å². The lowest BCUT2D eigenvalue weighted by Crippen LogP contribution is -2.25. The number of carbonyl (C=O) groups is 1. The summed E-state index contributed by atoms with van der Waals surface area (Å²) in [6.07, 6.45) is 1.28. The first kappa shape index (κ1) is 17.9. The van der Waals surface area contributed by atoms with Crippen molar-refractivity contribution in [2.45, 2.75) is 0 Å². The lowest BCUT2D eigenvalue weighted by Gasteiger charge is -2.05. The van der Waals surface area contributed by atoms with Gasteiger partial charge in [-0.25, -0.2) is 9.82 Å². The van der Waals surface area contributed by atoms with Gasteiger partial charge in [0.25, 0.3) is 5.91 Å². The number of nitrogens with zero attached hydrogens (tertiary/aromatic N) is 2. The third-order valence-electron chi connectivity index (χ3n) is 3.10. The molecule has 9 heteroatoms. The number of hydrazone groups is 1. The second-order valence-corrected chi connectivity index (χ2v) is 4.84. The average Bonchev–Trinajstić information content (AvgIpc) is 2.61. The van der Waals surface area contributed by atoms with E-state index in [4.69, 9.17) is 4.74 Å².